The van der Waals surface area contributed by atoms with Crippen LogP contribution in [0.4, 0.5) is 14.9 Å². The summed E-state index contributed by atoms with van der Waals surface area (Å²) in [5.74, 6) is -0.898. The number of hydrogen-bond donors (Lipinski definition) is 3. The molecule has 1 rings (SSSR count). The fourth-order valence-electron chi connectivity index (χ4n) is 1.75. The topological polar surface area (TPSA) is 84.2 Å². The highest BCUT2D eigenvalue weighted by atomic mass is 19.1. The van der Waals surface area contributed by atoms with Crippen LogP contribution in [0.3, 0.4) is 0 Å². The van der Waals surface area contributed by atoms with Gasteiger partial charge >= 0.3 is 6.03 Å². The lowest BCUT2D eigenvalue weighted by molar-refractivity contribution is -0.119. The molecule has 0 aliphatic carbocycles. The Balaban J connectivity index is 2.84. The predicted molar refractivity (Wildman–Crippen MR) is 75.7 cm³/mol. The van der Waals surface area contributed by atoms with Crippen LogP contribution in [0, 0.1) is 18.7 Å². The van der Waals surface area contributed by atoms with Gasteiger partial charge in [-0.05, 0) is 30.5 Å². The summed E-state index contributed by atoms with van der Waals surface area (Å²) in [6, 6.07) is 2.91. The van der Waals surface area contributed by atoms with E-state index >= 15 is 0 Å². The number of halogens is 1. The Morgan fingerprint density at radius 2 is 2.05 bits per heavy atom. The first-order valence-electron chi connectivity index (χ1n) is 6.48. The third kappa shape index (κ3) is 4.22. The van der Waals surface area contributed by atoms with Gasteiger partial charge in [-0.25, -0.2) is 9.18 Å². The second kappa shape index (κ2) is 6.88. The Bertz CT molecular complexity index is 505. The van der Waals surface area contributed by atoms with Gasteiger partial charge in [-0.3, -0.25) is 4.79 Å². The number of aryl methyl sites for hydroxylation is 1. The lowest BCUT2D eigenvalue weighted by atomic mass is 9.98. The van der Waals surface area contributed by atoms with Gasteiger partial charge in [-0.1, -0.05) is 26.3 Å². The standard InChI is InChI=1S/C14H20FN3O2/c1-4-8(2)12(18-14(16)20)13(19)17-10-6-5-9(3)11(15)7-10/h5-8,12H,4H2,1-3H3,(H,17,19)(H3,16,18,20)/t8-,12-/m1/s1. The smallest absolute Gasteiger partial charge is 0.312 e. The monoisotopic (exact) mass is 281 g/mol. The van der Waals surface area contributed by atoms with Gasteiger partial charge in [0.2, 0.25) is 5.91 Å². The summed E-state index contributed by atoms with van der Waals surface area (Å²) in [6.45, 7) is 5.37. The van der Waals surface area contributed by atoms with E-state index in [1.807, 2.05) is 13.8 Å². The fraction of sp³-hybridized carbons (Fsp3) is 0.429. The SMILES string of the molecule is CC[C@@H](C)[C@@H](NC(N)=O)C(=O)Nc1ccc(C)c(F)c1. The highest BCUT2D eigenvalue weighted by Gasteiger charge is 2.25. The van der Waals surface area contributed by atoms with Crippen LogP contribution >= 0.6 is 0 Å². The molecule has 0 saturated heterocycles. The van der Waals surface area contributed by atoms with Crippen molar-refractivity contribution in [3.63, 3.8) is 0 Å². The molecule has 20 heavy (non-hydrogen) atoms. The number of rotatable bonds is 5. The van der Waals surface area contributed by atoms with Crippen molar-refractivity contribution in [3.8, 4) is 0 Å². The molecule has 1 aromatic carbocycles. The minimum absolute atomic E-state index is 0.0854. The molecule has 0 aliphatic rings. The number of hydrogen-bond acceptors (Lipinski definition) is 2. The third-order valence-corrected chi connectivity index (χ3v) is 3.23. The predicted octanol–water partition coefficient (Wildman–Crippen LogP) is 2.16. The van der Waals surface area contributed by atoms with Crippen molar-refractivity contribution in [2.45, 2.75) is 33.2 Å². The zero-order valence-electron chi connectivity index (χ0n) is 11.9. The number of nitrogens with one attached hydrogen (secondary N) is 2. The quantitative estimate of drug-likeness (QED) is 0.772. The van der Waals surface area contributed by atoms with Crippen LogP contribution in [0.15, 0.2) is 18.2 Å². The molecule has 0 aliphatic heterocycles. The van der Waals surface area contributed by atoms with Crippen LogP contribution in [-0.2, 0) is 4.79 Å². The van der Waals surface area contributed by atoms with E-state index in [0.29, 0.717) is 17.7 Å². The highest BCUT2D eigenvalue weighted by Crippen LogP contribution is 2.15. The molecular formula is C14H20FN3O2. The second-order valence-corrected chi connectivity index (χ2v) is 4.83. The maximum atomic E-state index is 13.4. The third-order valence-electron chi connectivity index (χ3n) is 3.23. The lowest BCUT2D eigenvalue weighted by Gasteiger charge is -2.22. The largest absolute Gasteiger partial charge is 0.352 e. The Kier molecular flexibility index (Phi) is 5.49. The summed E-state index contributed by atoms with van der Waals surface area (Å²) in [5, 5.41) is 4.99. The van der Waals surface area contributed by atoms with Crippen LogP contribution < -0.4 is 16.4 Å². The van der Waals surface area contributed by atoms with E-state index in [9.17, 15) is 14.0 Å². The summed E-state index contributed by atoms with van der Waals surface area (Å²) in [4.78, 5) is 23.1. The number of benzene rings is 1. The molecule has 110 valence electrons. The maximum absolute atomic E-state index is 13.4. The lowest BCUT2D eigenvalue weighted by Crippen LogP contribution is -2.49. The van der Waals surface area contributed by atoms with Crippen molar-refractivity contribution in [1.82, 2.24) is 5.32 Å². The Hall–Kier alpha value is -2.11. The van der Waals surface area contributed by atoms with Crippen molar-refractivity contribution >= 4 is 17.6 Å². The maximum Gasteiger partial charge on any atom is 0.312 e. The summed E-state index contributed by atoms with van der Waals surface area (Å²) in [7, 11) is 0. The van der Waals surface area contributed by atoms with Gasteiger partial charge < -0.3 is 16.4 Å². The molecule has 6 heteroatoms. The summed E-state index contributed by atoms with van der Waals surface area (Å²) in [5.41, 5.74) is 5.91. The molecule has 0 bridgehead atoms. The normalized spacial score (nSPS) is 13.4. The number of urea groups is 1. The molecule has 0 spiro atoms. The summed E-state index contributed by atoms with van der Waals surface area (Å²) in [6.07, 6.45) is 0.695. The first-order valence-corrected chi connectivity index (χ1v) is 6.48. The van der Waals surface area contributed by atoms with Crippen molar-refractivity contribution < 1.29 is 14.0 Å². The number of primary amides is 1. The van der Waals surface area contributed by atoms with Crippen molar-refractivity contribution in [2.24, 2.45) is 11.7 Å². The molecule has 0 radical (unpaired) electrons. The van der Waals surface area contributed by atoms with E-state index < -0.39 is 23.8 Å². The van der Waals surface area contributed by atoms with Gasteiger partial charge in [0.05, 0.1) is 0 Å². The van der Waals surface area contributed by atoms with Crippen LogP contribution in [0.1, 0.15) is 25.8 Å². The van der Waals surface area contributed by atoms with Gasteiger partial charge in [0.15, 0.2) is 0 Å². The molecule has 5 nitrogen and oxygen atoms in total. The molecule has 0 saturated carbocycles. The Morgan fingerprint density at radius 3 is 2.55 bits per heavy atom. The van der Waals surface area contributed by atoms with Crippen LogP contribution in [0.25, 0.3) is 0 Å². The van der Waals surface area contributed by atoms with E-state index in [-0.39, 0.29) is 5.92 Å². The van der Waals surface area contributed by atoms with Gasteiger partial charge in [0, 0.05) is 5.69 Å². The number of carbonyl (C=O) groups is 2. The molecule has 4 N–H and O–H groups in total. The van der Waals surface area contributed by atoms with Crippen molar-refractivity contribution in [2.75, 3.05) is 5.32 Å². The molecule has 0 fully saturated rings. The molecule has 1 aromatic rings. The minimum atomic E-state index is -0.763. The molecular weight excluding hydrogens is 261 g/mol. The Labute approximate surface area is 117 Å². The van der Waals surface area contributed by atoms with Gasteiger partial charge in [-0.2, -0.15) is 0 Å². The average molecular weight is 281 g/mol. The number of carbonyl (C=O) groups excluding carboxylic acids is 2. The van der Waals surface area contributed by atoms with Crippen LogP contribution in [0.5, 0.6) is 0 Å². The number of amides is 3. The first-order chi connectivity index (χ1) is 9.35. The molecule has 0 aromatic heterocycles. The van der Waals surface area contributed by atoms with Crippen molar-refractivity contribution in [3.05, 3.63) is 29.6 Å². The molecule has 0 heterocycles. The van der Waals surface area contributed by atoms with Crippen LogP contribution in [0.2, 0.25) is 0 Å². The fourth-order valence-corrected chi connectivity index (χ4v) is 1.75. The van der Waals surface area contributed by atoms with Gasteiger partial charge in [-0.15, -0.1) is 0 Å². The Morgan fingerprint density at radius 1 is 1.40 bits per heavy atom. The molecule has 3 amide bonds. The van der Waals surface area contributed by atoms with Gasteiger partial charge in [0.1, 0.15) is 11.9 Å². The zero-order valence-corrected chi connectivity index (χ0v) is 11.9. The van der Waals surface area contributed by atoms with E-state index in [1.165, 1.54) is 6.07 Å². The van der Waals surface area contributed by atoms with E-state index in [0.717, 1.165) is 0 Å². The van der Waals surface area contributed by atoms with E-state index in [4.69, 9.17) is 5.73 Å². The minimum Gasteiger partial charge on any atom is -0.352 e. The van der Waals surface area contributed by atoms with Crippen LogP contribution in [-0.4, -0.2) is 18.0 Å². The second-order valence-electron chi connectivity index (χ2n) is 4.83. The summed E-state index contributed by atoms with van der Waals surface area (Å²) < 4.78 is 13.4. The van der Waals surface area contributed by atoms with E-state index in [2.05, 4.69) is 10.6 Å². The zero-order chi connectivity index (χ0) is 15.3. The molecule has 2 atom stereocenters. The average Bonchev–Trinajstić information content (AvgIpc) is 2.39. The molecule has 0 unspecified atom stereocenters. The first kappa shape index (κ1) is 15.9. The van der Waals surface area contributed by atoms with Gasteiger partial charge in [0.25, 0.3) is 0 Å². The highest BCUT2D eigenvalue weighted by molar-refractivity contribution is 5.97. The number of anilines is 1. The number of nitrogens with two attached hydrogens (primary N) is 1. The van der Waals surface area contributed by atoms with E-state index in [1.54, 1.807) is 19.1 Å². The van der Waals surface area contributed by atoms with Crippen molar-refractivity contribution in [1.29, 1.82) is 0 Å². The summed E-state index contributed by atoms with van der Waals surface area (Å²) >= 11 is 0.